The molecule has 0 aliphatic rings. The van der Waals surface area contributed by atoms with E-state index in [4.69, 9.17) is 27.8 Å². The molecule has 0 aliphatic carbocycles. The van der Waals surface area contributed by atoms with E-state index in [2.05, 4.69) is 0 Å². The van der Waals surface area contributed by atoms with Crippen LogP contribution in [0.2, 0.25) is 5.02 Å². The van der Waals surface area contributed by atoms with Crippen LogP contribution in [0.4, 0.5) is 0 Å². The highest BCUT2D eigenvalue weighted by atomic mass is 35.5. The van der Waals surface area contributed by atoms with Gasteiger partial charge in [-0.05, 0) is 37.6 Å². The maximum absolute atomic E-state index is 6.04. The van der Waals surface area contributed by atoms with E-state index in [1.807, 2.05) is 25.1 Å². The van der Waals surface area contributed by atoms with E-state index >= 15 is 0 Å². The first-order valence-electron chi connectivity index (χ1n) is 5.07. The molecule has 1 rings (SSSR count). The average molecular weight is 229 g/mol. The average Bonchev–Trinajstić information content (AvgIpc) is 2.21. The number of rotatable bonds is 5. The van der Waals surface area contributed by atoms with Crippen molar-refractivity contribution in [1.82, 2.24) is 0 Å². The Kier molecular flexibility index (Phi) is 4.88. The lowest BCUT2D eigenvalue weighted by Gasteiger charge is -2.12. The van der Waals surface area contributed by atoms with Gasteiger partial charge in [0.15, 0.2) is 0 Å². The maximum atomic E-state index is 6.04. The molecule has 84 valence electrons. The van der Waals surface area contributed by atoms with E-state index in [-0.39, 0.29) is 6.04 Å². The summed E-state index contributed by atoms with van der Waals surface area (Å²) < 4.78 is 5.33. The molecule has 0 bridgehead atoms. The number of hydrogen-bond acceptors (Lipinski definition) is 3. The molecule has 4 N–H and O–H groups in total. The lowest BCUT2D eigenvalue weighted by atomic mass is 10.0. The predicted octanol–water partition coefficient (Wildman–Crippen LogP) is 2.09. The molecule has 4 heteroatoms. The highest BCUT2D eigenvalue weighted by Crippen LogP contribution is 2.27. The summed E-state index contributed by atoms with van der Waals surface area (Å²) in [4.78, 5) is 0. The monoisotopic (exact) mass is 228 g/mol. The van der Waals surface area contributed by atoms with Crippen LogP contribution in [0.1, 0.15) is 24.9 Å². The first-order valence-corrected chi connectivity index (χ1v) is 5.44. The molecular weight excluding hydrogens is 212 g/mol. The van der Waals surface area contributed by atoms with Gasteiger partial charge in [-0.25, -0.2) is 0 Å². The van der Waals surface area contributed by atoms with Crippen LogP contribution in [0.3, 0.4) is 0 Å². The summed E-state index contributed by atoms with van der Waals surface area (Å²) in [5.41, 5.74) is 12.4. The summed E-state index contributed by atoms with van der Waals surface area (Å²) in [5, 5.41) is 0.599. The van der Waals surface area contributed by atoms with Crippen molar-refractivity contribution in [2.24, 2.45) is 11.5 Å². The summed E-state index contributed by atoms with van der Waals surface area (Å²) >= 11 is 6.04. The standard InChI is InChI=1S/C11H17ClN2O/c1-2-15-11-4-3-8(7-9(11)12)10(14)5-6-13/h3-4,7,10H,2,5-6,13-14H2,1H3. The zero-order valence-electron chi connectivity index (χ0n) is 8.87. The molecule has 0 saturated heterocycles. The van der Waals surface area contributed by atoms with E-state index in [0.29, 0.717) is 23.9 Å². The van der Waals surface area contributed by atoms with Gasteiger partial charge in [0.2, 0.25) is 0 Å². The normalized spacial score (nSPS) is 12.5. The summed E-state index contributed by atoms with van der Waals surface area (Å²) in [7, 11) is 0. The van der Waals surface area contributed by atoms with Gasteiger partial charge in [-0.3, -0.25) is 0 Å². The maximum Gasteiger partial charge on any atom is 0.137 e. The van der Waals surface area contributed by atoms with Gasteiger partial charge in [0.05, 0.1) is 11.6 Å². The van der Waals surface area contributed by atoms with E-state index in [1.165, 1.54) is 0 Å². The van der Waals surface area contributed by atoms with Crippen LogP contribution in [0.25, 0.3) is 0 Å². The van der Waals surface area contributed by atoms with E-state index in [1.54, 1.807) is 0 Å². The molecule has 0 radical (unpaired) electrons. The lowest BCUT2D eigenvalue weighted by Crippen LogP contribution is -2.15. The summed E-state index contributed by atoms with van der Waals surface area (Å²) in [6.45, 7) is 3.10. The molecule has 1 aromatic rings. The fraction of sp³-hybridized carbons (Fsp3) is 0.455. The Labute approximate surface area is 95.4 Å². The van der Waals surface area contributed by atoms with Crippen LogP contribution >= 0.6 is 11.6 Å². The Morgan fingerprint density at radius 3 is 2.73 bits per heavy atom. The van der Waals surface area contributed by atoms with Gasteiger partial charge < -0.3 is 16.2 Å². The van der Waals surface area contributed by atoms with Crippen LogP contribution in [0, 0.1) is 0 Å². The molecular formula is C11H17ClN2O. The van der Waals surface area contributed by atoms with Gasteiger partial charge in [0, 0.05) is 6.04 Å². The van der Waals surface area contributed by atoms with Crippen molar-refractivity contribution in [3.8, 4) is 5.75 Å². The van der Waals surface area contributed by atoms with Crippen LogP contribution in [-0.4, -0.2) is 13.2 Å². The van der Waals surface area contributed by atoms with Crippen molar-refractivity contribution in [3.63, 3.8) is 0 Å². The number of hydrogen-bond donors (Lipinski definition) is 2. The zero-order chi connectivity index (χ0) is 11.3. The van der Waals surface area contributed by atoms with E-state index < -0.39 is 0 Å². The van der Waals surface area contributed by atoms with Gasteiger partial charge in [0.25, 0.3) is 0 Å². The molecule has 1 aromatic carbocycles. The minimum absolute atomic E-state index is 0.0526. The SMILES string of the molecule is CCOc1ccc(C(N)CCN)cc1Cl. The highest BCUT2D eigenvalue weighted by molar-refractivity contribution is 6.32. The Balaban J connectivity index is 2.81. The number of ether oxygens (including phenoxy) is 1. The van der Waals surface area contributed by atoms with Crippen molar-refractivity contribution in [2.45, 2.75) is 19.4 Å². The van der Waals surface area contributed by atoms with Crippen LogP contribution in [-0.2, 0) is 0 Å². The third-order valence-corrected chi connectivity index (χ3v) is 2.46. The zero-order valence-corrected chi connectivity index (χ0v) is 9.63. The van der Waals surface area contributed by atoms with Gasteiger partial charge in [-0.1, -0.05) is 17.7 Å². The fourth-order valence-corrected chi connectivity index (χ4v) is 1.61. The summed E-state index contributed by atoms with van der Waals surface area (Å²) in [6.07, 6.45) is 0.754. The van der Waals surface area contributed by atoms with Gasteiger partial charge >= 0.3 is 0 Å². The van der Waals surface area contributed by atoms with Gasteiger partial charge in [-0.15, -0.1) is 0 Å². The molecule has 0 saturated carbocycles. The minimum Gasteiger partial charge on any atom is -0.492 e. The third kappa shape index (κ3) is 3.38. The first kappa shape index (κ1) is 12.3. The fourth-order valence-electron chi connectivity index (χ4n) is 1.37. The Morgan fingerprint density at radius 2 is 2.20 bits per heavy atom. The smallest absolute Gasteiger partial charge is 0.137 e. The predicted molar refractivity (Wildman–Crippen MR) is 63.2 cm³/mol. The second-order valence-corrected chi connectivity index (χ2v) is 3.71. The molecule has 1 atom stereocenters. The Bertz CT molecular complexity index is 317. The van der Waals surface area contributed by atoms with Crippen LogP contribution in [0.5, 0.6) is 5.75 Å². The number of nitrogens with two attached hydrogens (primary N) is 2. The number of benzene rings is 1. The largest absolute Gasteiger partial charge is 0.492 e. The van der Waals surface area contributed by atoms with E-state index in [0.717, 1.165) is 12.0 Å². The van der Waals surface area contributed by atoms with Crippen molar-refractivity contribution < 1.29 is 4.74 Å². The quantitative estimate of drug-likeness (QED) is 0.811. The molecule has 0 aromatic heterocycles. The van der Waals surface area contributed by atoms with Crippen molar-refractivity contribution in [1.29, 1.82) is 0 Å². The third-order valence-electron chi connectivity index (χ3n) is 2.16. The van der Waals surface area contributed by atoms with E-state index in [9.17, 15) is 0 Å². The Morgan fingerprint density at radius 1 is 1.47 bits per heavy atom. The minimum atomic E-state index is -0.0526. The highest BCUT2D eigenvalue weighted by Gasteiger charge is 2.08. The van der Waals surface area contributed by atoms with Gasteiger partial charge in [-0.2, -0.15) is 0 Å². The van der Waals surface area contributed by atoms with Gasteiger partial charge in [0.1, 0.15) is 5.75 Å². The second-order valence-electron chi connectivity index (χ2n) is 3.31. The molecule has 1 unspecified atom stereocenters. The van der Waals surface area contributed by atoms with Crippen molar-refractivity contribution in [3.05, 3.63) is 28.8 Å². The number of halogens is 1. The first-order chi connectivity index (χ1) is 7.19. The lowest BCUT2D eigenvalue weighted by molar-refractivity contribution is 0.340. The second kappa shape index (κ2) is 5.95. The topological polar surface area (TPSA) is 61.3 Å². The van der Waals surface area contributed by atoms with Crippen LogP contribution < -0.4 is 16.2 Å². The van der Waals surface area contributed by atoms with Crippen LogP contribution in [0.15, 0.2) is 18.2 Å². The molecule has 0 heterocycles. The molecule has 3 nitrogen and oxygen atoms in total. The Hall–Kier alpha value is -0.770. The van der Waals surface area contributed by atoms with Crippen molar-refractivity contribution in [2.75, 3.05) is 13.2 Å². The molecule has 0 aliphatic heterocycles. The molecule has 0 spiro atoms. The molecule has 0 fully saturated rings. The molecule has 0 amide bonds. The summed E-state index contributed by atoms with van der Waals surface area (Å²) in [6, 6.07) is 5.56. The summed E-state index contributed by atoms with van der Waals surface area (Å²) in [5.74, 6) is 0.697. The van der Waals surface area contributed by atoms with Crippen molar-refractivity contribution >= 4 is 11.6 Å². The molecule has 15 heavy (non-hydrogen) atoms.